The predicted molar refractivity (Wildman–Crippen MR) is 82.0 cm³/mol. The fraction of sp³-hybridized carbons (Fsp3) is 0.444. The Hall–Kier alpha value is -1.54. The molecule has 2 heteroatoms. The second-order valence-electron chi connectivity index (χ2n) is 5.82. The smallest absolute Gasteiger partial charge is 0.119 e. The normalized spacial score (nSPS) is 18.1. The van der Waals surface area contributed by atoms with Crippen LogP contribution >= 0.6 is 0 Å². The highest BCUT2D eigenvalue weighted by Crippen LogP contribution is 2.35. The molecule has 0 saturated heterocycles. The largest absolute Gasteiger partial charge is 0.497 e. The maximum absolute atomic E-state index is 10.6. The minimum absolute atomic E-state index is 0.318. The Morgan fingerprint density at radius 3 is 2.45 bits per heavy atom. The van der Waals surface area contributed by atoms with Crippen molar-refractivity contribution in [1.82, 2.24) is 0 Å². The Morgan fingerprint density at radius 1 is 1.00 bits per heavy atom. The first-order valence-electron chi connectivity index (χ1n) is 7.54. The Morgan fingerprint density at radius 2 is 1.70 bits per heavy atom. The zero-order chi connectivity index (χ0) is 13.9. The van der Waals surface area contributed by atoms with E-state index in [0.717, 1.165) is 34.9 Å². The van der Waals surface area contributed by atoms with E-state index in [4.69, 9.17) is 4.74 Å². The second-order valence-corrected chi connectivity index (χ2v) is 5.82. The van der Waals surface area contributed by atoms with Crippen LogP contribution in [0.2, 0.25) is 0 Å². The molecule has 1 atom stereocenters. The van der Waals surface area contributed by atoms with Gasteiger partial charge in [-0.1, -0.05) is 37.5 Å². The first kappa shape index (κ1) is 13.4. The van der Waals surface area contributed by atoms with E-state index in [2.05, 4.69) is 24.3 Å². The van der Waals surface area contributed by atoms with Crippen molar-refractivity contribution in [2.24, 2.45) is 5.92 Å². The highest BCUT2D eigenvalue weighted by Gasteiger charge is 2.23. The van der Waals surface area contributed by atoms with Crippen LogP contribution in [0.1, 0.15) is 43.8 Å². The second kappa shape index (κ2) is 5.84. The van der Waals surface area contributed by atoms with E-state index in [1.807, 2.05) is 12.1 Å². The van der Waals surface area contributed by atoms with Crippen LogP contribution in [0.5, 0.6) is 5.75 Å². The first-order chi connectivity index (χ1) is 9.78. The number of benzene rings is 2. The van der Waals surface area contributed by atoms with E-state index in [1.165, 1.54) is 19.3 Å². The Balaban J connectivity index is 1.88. The van der Waals surface area contributed by atoms with Gasteiger partial charge in [-0.2, -0.15) is 0 Å². The van der Waals surface area contributed by atoms with Crippen molar-refractivity contribution in [3.63, 3.8) is 0 Å². The molecule has 0 amide bonds. The van der Waals surface area contributed by atoms with Crippen molar-refractivity contribution in [1.29, 1.82) is 0 Å². The number of hydrogen-bond donors (Lipinski definition) is 1. The first-order valence-corrected chi connectivity index (χ1v) is 7.54. The van der Waals surface area contributed by atoms with Crippen LogP contribution in [0, 0.1) is 5.92 Å². The molecule has 0 bridgehead atoms. The van der Waals surface area contributed by atoms with E-state index >= 15 is 0 Å². The summed E-state index contributed by atoms with van der Waals surface area (Å²) < 4.78 is 5.25. The summed E-state index contributed by atoms with van der Waals surface area (Å²) >= 11 is 0. The maximum atomic E-state index is 10.6. The van der Waals surface area contributed by atoms with Gasteiger partial charge in [-0.25, -0.2) is 0 Å². The van der Waals surface area contributed by atoms with Crippen LogP contribution in [0.3, 0.4) is 0 Å². The van der Waals surface area contributed by atoms with Crippen LogP contribution < -0.4 is 4.74 Å². The Labute approximate surface area is 120 Å². The van der Waals surface area contributed by atoms with Crippen LogP contribution in [0.4, 0.5) is 0 Å². The molecule has 0 aliphatic heterocycles. The van der Waals surface area contributed by atoms with E-state index < -0.39 is 0 Å². The number of methoxy groups -OCH3 is 1. The third kappa shape index (κ3) is 2.66. The van der Waals surface area contributed by atoms with Gasteiger partial charge in [0.25, 0.3) is 0 Å². The summed E-state index contributed by atoms with van der Waals surface area (Å²) in [5.41, 5.74) is 1.05. The Bertz CT molecular complexity index is 585. The van der Waals surface area contributed by atoms with Gasteiger partial charge in [0.15, 0.2) is 0 Å². The SMILES string of the molecule is COc1ccc2cc(C(O)C3CCCCC3)ccc2c1. The number of aliphatic hydroxyl groups excluding tert-OH is 1. The van der Waals surface area contributed by atoms with Crippen LogP contribution in [-0.4, -0.2) is 12.2 Å². The number of aliphatic hydroxyl groups is 1. The minimum atomic E-state index is -0.318. The molecule has 0 spiro atoms. The quantitative estimate of drug-likeness (QED) is 0.892. The lowest BCUT2D eigenvalue weighted by molar-refractivity contribution is 0.0849. The molecule has 0 aromatic heterocycles. The lowest BCUT2D eigenvalue weighted by Gasteiger charge is -2.27. The van der Waals surface area contributed by atoms with Crippen molar-refractivity contribution in [2.45, 2.75) is 38.2 Å². The third-order valence-corrected chi connectivity index (χ3v) is 4.51. The molecule has 1 saturated carbocycles. The van der Waals surface area contributed by atoms with Crippen molar-refractivity contribution in [3.8, 4) is 5.75 Å². The van der Waals surface area contributed by atoms with Gasteiger partial charge >= 0.3 is 0 Å². The fourth-order valence-electron chi connectivity index (χ4n) is 3.28. The average molecular weight is 270 g/mol. The topological polar surface area (TPSA) is 29.5 Å². The van der Waals surface area contributed by atoms with Crippen LogP contribution in [0.15, 0.2) is 36.4 Å². The van der Waals surface area contributed by atoms with Gasteiger partial charge in [-0.05, 0) is 53.3 Å². The average Bonchev–Trinajstić information content (AvgIpc) is 2.54. The number of fused-ring (bicyclic) bond motifs is 1. The van der Waals surface area contributed by atoms with E-state index in [-0.39, 0.29) is 6.10 Å². The van der Waals surface area contributed by atoms with E-state index in [1.54, 1.807) is 7.11 Å². The number of ether oxygens (including phenoxy) is 1. The molecule has 0 radical (unpaired) electrons. The molecule has 1 aliphatic carbocycles. The van der Waals surface area contributed by atoms with Crippen LogP contribution in [-0.2, 0) is 0 Å². The summed E-state index contributed by atoms with van der Waals surface area (Å²) in [5, 5.41) is 12.9. The van der Waals surface area contributed by atoms with Gasteiger partial charge < -0.3 is 9.84 Å². The summed E-state index contributed by atoms with van der Waals surface area (Å²) in [6.07, 6.45) is 5.82. The monoisotopic (exact) mass is 270 g/mol. The summed E-state index contributed by atoms with van der Waals surface area (Å²) in [5.74, 6) is 1.30. The minimum Gasteiger partial charge on any atom is -0.497 e. The third-order valence-electron chi connectivity index (χ3n) is 4.51. The molecule has 2 aromatic carbocycles. The molecular weight excluding hydrogens is 248 g/mol. The number of hydrogen-bond acceptors (Lipinski definition) is 2. The molecule has 1 fully saturated rings. The summed E-state index contributed by atoms with van der Waals surface area (Å²) in [7, 11) is 1.68. The van der Waals surface area contributed by atoms with E-state index in [0.29, 0.717) is 5.92 Å². The van der Waals surface area contributed by atoms with Crippen molar-refractivity contribution >= 4 is 10.8 Å². The fourth-order valence-corrected chi connectivity index (χ4v) is 3.28. The molecule has 1 aliphatic rings. The molecule has 1 unspecified atom stereocenters. The zero-order valence-electron chi connectivity index (χ0n) is 12.0. The van der Waals surface area contributed by atoms with Crippen LogP contribution in [0.25, 0.3) is 10.8 Å². The highest BCUT2D eigenvalue weighted by molar-refractivity contribution is 5.84. The van der Waals surface area contributed by atoms with Crippen molar-refractivity contribution in [3.05, 3.63) is 42.0 Å². The summed E-state index contributed by atoms with van der Waals surface area (Å²) in [6, 6.07) is 12.3. The molecule has 3 rings (SSSR count). The molecular formula is C18H22O2. The molecule has 2 aromatic rings. The summed E-state index contributed by atoms with van der Waals surface area (Å²) in [4.78, 5) is 0. The maximum Gasteiger partial charge on any atom is 0.119 e. The van der Waals surface area contributed by atoms with Gasteiger partial charge in [0.05, 0.1) is 13.2 Å². The standard InChI is InChI=1S/C18H22O2/c1-20-17-10-9-14-11-16(8-7-15(14)12-17)18(19)13-5-3-2-4-6-13/h7-13,18-19H,2-6H2,1H3. The highest BCUT2D eigenvalue weighted by atomic mass is 16.5. The molecule has 106 valence electrons. The van der Waals surface area contributed by atoms with Gasteiger partial charge in [0, 0.05) is 0 Å². The van der Waals surface area contributed by atoms with Gasteiger partial charge in [0.1, 0.15) is 5.75 Å². The Kier molecular flexibility index (Phi) is 3.93. The zero-order valence-corrected chi connectivity index (χ0v) is 12.0. The van der Waals surface area contributed by atoms with Crippen molar-refractivity contribution in [2.75, 3.05) is 7.11 Å². The van der Waals surface area contributed by atoms with Crippen molar-refractivity contribution < 1.29 is 9.84 Å². The lowest BCUT2D eigenvalue weighted by atomic mass is 9.82. The molecule has 0 heterocycles. The summed E-state index contributed by atoms with van der Waals surface area (Å²) in [6.45, 7) is 0. The van der Waals surface area contributed by atoms with Gasteiger partial charge in [0.2, 0.25) is 0 Å². The molecule has 1 N–H and O–H groups in total. The number of rotatable bonds is 3. The molecule has 20 heavy (non-hydrogen) atoms. The lowest BCUT2D eigenvalue weighted by Crippen LogP contribution is -2.15. The van der Waals surface area contributed by atoms with Gasteiger partial charge in [-0.15, -0.1) is 0 Å². The molecule has 2 nitrogen and oxygen atoms in total. The predicted octanol–water partition coefficient (Wildman–Crippen LogP) is 4.46. The van der Waals surface area contributed by atoms with Gasteiger partial charge in [-0.3, -0.25) is 0 Å². The van der Waals surface area contributed by atoms with E-state index in [9.17, 15) is 5.11 Å².